The molecule has 2 unspecified atom stereocenters. The van der Waals surface area contributed by atoms with Gasteiger partial charge in [0.05, 0.1) is 31.8 Å². The molecule has 1 aromatic carbocycles. The monoisotopic (exact) mass is 488 g/mol. The molecule has 12 nitrogen and oxygen atoms in total. The highest BCUT2D eigenvalue weighted by Gasteiger charge is 2.39. The summed E-state index contributed by atoms with van der Waals surface area (Å²) < 4.78 is 15.0. The van der Waals surface area contributed by atoms with Crippen LogP contribution < -0.4 is 10.6 Å². The molecule has 12 heteroatoms. The fraction of sp³-hybridized carbons (Fsp3) is 0.478. The lowest BCUT2D eigenvalue weighted by Gasteiger charge is -2.20. The van der Waals surface area contributed by atoms with Gasteiger partial charge in [0.15, 0.2) is 12.2 Å². The van der Waals surface area contributed by atoms with Crippen LogP contribution in [0.1, 0.15) is 44.2 Å². The Morgan fingerprint density at radius 1 is 1.23 bits per heavy atom. The second-order valence-corrected chi connectivity index (χ2v) is 7.56. The van der Waals surface area contributed by atoms with Crippen LogP contribution in [0.4, 0.5) is 4.79 Å². The smallest absolute Gasteiger partial charge is 0.407 e. The SMILES string of the molecule is CCCCOC(=O)N[C@@H](CNC(=O)CC1ON=C(c2ccc(C#N)cc2)C1OC(C)=O)C(=O)OC. The zero-order chi connectivity index (χ0) is 25.8. The first-order chi connectivity index (χ1) is 16.8. The van der Waals surface area contributed by atoms with E-state index in [0.29, 0.717) is 23.3 Å². The van der Waals surface area contributed by atoms with E-state index in [9.17, 15) is 19.2 Å². The predicted molar refractivity (Wildman–Crippen MR) is 121 cm³/mol. The Bertz CT molecular complexity index is 986. The van der Waals surface area contributed by atoms with Crippen molar-refractivity contribution in [3.63, 3.8) is 0 Å². The van der Waals surface area contributed by atoms with E-state index < -0.39 is 42.2 Å². The minimum atomic E-state index is -1.17. The molecule has 0 spiro atoms. The fourth-order valence-corrected chi connectivity index (χ4v) is 3.09. The van der Waals surface area contributed by atoms with Gasteiger partial charge >= 0.3 is 18.0 Å². The van der Waals surface area contributed by atoms with Crippen molar-refractivity contribution in [3.05, 3.63) is 35.4 Å². The van der Waals surface area contributed by atoms with Crippen LogP contribution in [0.15, 0.2) is 29.4 Å². The van der Waals surface area contributed by atoms with Gasteiger partial charge in [0.1, 0.15) is 11.8 Å². The van der Waals surface area contributed by atoms with Crippen LogP contribution in [0, 0.1) is 11.3 Å². The molecule has 35 heavy (non-hydrogen) atoms. The number of alkyl carbamates (subject to hydrolysis) is 1. The molecular formula is C23H28N4O8. The van der Waals surface area contributed by atoms with E-state index in [1.165, 1.54) is 6.92 Å². The highest BCUT2D eigenvalue weighted by molar-refractivity contribution is 6.05. The van der Waals surface area contributed by atoms with Crippen molar-refractivity contribution in [1.82, 2.24) is 10.6 Å². The molecule has 2 amide bonds. The molecule has 1 aliphatic heterocycles. The first-order valence-electron chi connectivity index (χ1n) is 11.0. The fourth-order valence-electron chi connectivity index (χ4n) is 3.09. The Labute approximate surface area is 202 Å². The van der Waals surface area contributed by atoms with Crippen molar-refractivity contribution in [2.45, 2.75) is 51.4 Å². The van der Waals surface area contributed by atoms with E-state index in [4.69, 9.17) is 19.6 Å². The van der Waals surface area contributed by atoms with Crippen LogP contribution in [-0.4, -0.2) is 68.2 Å². The average Bonchev–Trinajstić information content (AvgIpc) is 3.22. The molecule has 0 aromatic heterocycles. The van der Waals surface area contributed by atoms with E-state index in [1.807, 2.05) is 13.0 Å². The Balaban J connectivity index is 1.99. The minimum Gasteiger partial charge on any atom is -0.467 e. The molecule has 3 atom stereocenters. The largest absolute Gasteiger partial charge is 0.467 e. The third-order valence-corrected chi connectivity index (χ3v) is 4.90. The van der Waals surface area contributed by atoms with Crippen molar-refractivity contribution in [1.29, 1.82) is 5.26 Å². The number of esters is 2. The van der Waals surface area contributed by atoms with Crippen molar-refractivity contribution in [2.24, 2.45) is 5.16 Å². The highest BCUT2D eigenvalue weighted by atomic mass is 16.7. The van der Waals surface area contributed by atoms with Crippen molar-refractivity contribution in [3.8, 4) is 6.07 Å². The van der Waals surface area contributed by atoms with Gasteiger partial charge in [-0.3, -0.25) is 9.59 Å². The number of nitrogens with one attached hydrogen (secondary N) is 2. The van der Waals surface area contributed by atoms with Gasteiger partial charge in [-0.05, 0) is 18.6 Å². The number of unbranched alkanes of at least 4 members (excludes halogenated alkanes) is 1. The molecule has 2 N–H and O–H groups in total. The number of nitriles is 1. The molecule has 0 aliphatic carbocycles. The third-order valence-electron chi connectivity index (χ3n) is 4.90. The highest BCUT2D eigenvalue weighted by Crippen LogP contribution is 2.23. The van der Waals surface area contributed by atoms with Crippen LogP contribution in [-0.2, 0) is 33.4 Å². The minimum absolute atomic E-state index is 0.195. The quantitative estimate of drug-likeness (QED) is 0.264. The van der Waals surface area contributed by atoms with E-state index in [0.717, 1.165) is 13.5 Å². The zero-order valence-electron chi connectivity index (χ0n) is 19.7. The summed E-state index contributed by atoms with van der Waals surface area (Å²) >= 11 is 0. The summed E-state index contributed by atoms with van der Waals surface area (Å²) in [5.74, 6) is -1.90. The number of hydrogen-bond donors (Lipinski definition) is 2. The van der Waals surface area contributed by atoms with Crippen LogP contribution in [0.25, 0.3) is 0 Å². The number of rotatable bonds is 11. The van der Waals surface area contributed by atoms with Gasteiger partial charge in [0.2, 0.25) is 5.91 Å². The van der Waals surface area contributed by atoms with Crippen LogP contribution in [0.2, 0.25) is 0 Å². The summed E-state index contributed by atoms with van der Waals surface area (Å²) in [4.78, 5) is 53.4. The van der Waals surface area contributed by atoms with Gasteiger partial charge in [0.25, 0.3) is 0 Å². The number of amides is 2. The second-order valence-electron chi connectivity index (χ2n) is 7.56. The maximum Gasteiger partial charge on any atom is 0.407 e. The maximum atomic E-state index is 12.6. The number of hydrogen-bond acceptors (Lipinski definition) is 10. The van der Waals surface area contributed by atoms with Gasteiger partial charge < -0.3 is 29.7 Å². The second kappa shape index (κ2) is 13.5. The summed E-state index contributed by atoms with van der Waals surface area (Å²) in [6.07, 6.45) is -1.45. The molecule has 0 fully saturated rings. The molecular weight excluding hydrogens is 460 g/mol. The normalized spacial score (nSPS) is 17.1. The Morgan fingerprint density at radius 3 is 2.54 bits per heavy atom. The number of carbonyl (C=O) groups excluding carboxylic acids is 4. The number of benzene rings is 1. The van der Waals surface area contributed by atoms with Crippen molar-refractivity contribution >= 4 is 29.7 Å². The van der Waals surface area contributed by atoms with Gasteiger partial charge in [-0.1, -0.05) is 30.6 Å². The number of nitrogens with zero attached hydrogens (tertiary/aromatic N) is 2. The molecule has 0 radical (unpaired) electrons. The molecule has 188 valence electrons. The molecule has 1 aromatic rings. The lowest BCUT2D eigenvalue weighted by Crippen LogP contribution is -2.49. The van der Waals surface area contributed by atoms with E-state index in [1.54, 1.807) is 24.3 Å². The first kappa shape index (κ1) is 27.1. The Hall–Kier alpha value is -4.14. The lowest BCUT2D eigenvalue weighted by molar-refractivity contribution is -0.149. The molecule has 0 bridgehead atoms. The molecule has 2 rings (SSSR count). The summed E-state index contributed by atoms with van der Waals surface area (Å²) in [6.45, 7) is 3.09. The van der Waals surface area contributed by atoms with Gasteiger partial charge in [0, 0.05) is 19.0 Å². The van der Waals surface area contributed by atoms with E-state index in [2.05, 4.69) is 20.5 Å². The third kappa shape index (κ3) is 8.29. The predicted octanol–water partition coefficient (Wildman–Crippen LogP) is 1.17. The average molecular weight is 488 g/mol. The summed E-state index contributed by atoms with van der Waals surface area (Å²) in [6, 6.07) is 7.26. The van der Waals surface area contributed by atoms with Gasteiger partial charge in [-0.25, -0.2) is 9.59 Å². The summed E-state index contributed by atoms with van der Waals surface area (Å²) in [5.41, 5.74) is 1.30. The Morgan fingerprint density at radius 2 is 1.94 bits per heavy atom. The standard InChI is InChI=1S/C23H28N4O8/c1-4-5-10-33-23(31)26-17(22(30)32-3)13-25-19(29)11-18-21(34-14(2)28)20(27-35-18)16-8-6-15(12-24)7-9-16/h6-9,17-18,21H,4-5,10-11,13H2,1-3H3,(H,25,29)(H,26,31)/t17-,18?,21?/m0/s1. The first-order valence-corrected chi connectivity index (χ1v) is 11.0. The Kier molecular flexibility index (Phi) is 10.5. The summed E-state index contributed by atoms with van der Waals surface area (Å²) in [5, 5.41) is 17.8. The van der Waals surface area contributed by atoms with E-state index >= 15 is 0 Å². The molecule has 0 saturated carbocycles. The van der Waals surface area contributed by atoms with Crippen molar-refractivity contribution in [2.75, 3.05) is 20.3 Å². The lowest BCUT2D eigenvalue weighted by atomic mass is 9.99. The number of methoxy groups -OCH3 is 1. The molecule has 1 aliphatic rings. The molecule has 1 heterocycles. The number of carbonyl (C=O) groups is 4. The zero-order valence-corrected chi connectivity index (χ0v) is 19.7. The van der Waals surface area contributed by atoms with Crippen LogP contribution in [0.5, 0.6) is 0 Å². The topological polar surface area (TPSA) is 165 Å². The van der Waals surface area contributed by atoms with E-state index in [-0.39, 0.29) is 19.6 Å². The molecule has 0 saturated heterocycles. The van der Waals surface area contributed by atoms with Crippen molar-refractivity contribution < 1.29 is 38.2 Å². The van der Waals surface area contributed by atoms with Gasteiger partial charge in [-0.15, -0.1) is 0 Å². The maximum absolute atomic E-state index is 12.6. The van der Waals surface area contributed by atoms with Crippen LogP contribution in [0.3, 0.4) is 0 Å². The van der Waals surface area contributed by atoms with Gasteiger partial charge in [-0.2, -0.15) is 5.26 Å². The summed E-state index contributed by atoms with van der Waals surface area (Å²) in [7, 11) is 1.15. The number of ether oxygens (including phenoxy) is 3. The number of oxime groups is 1. The van der Waals surface area contributed by atoms with Crippen LogP contribution >= 0.6 is 0 Å².